The number of hydrogen-bond acceptors (Lipinski definition) is 4. The first kappa shape index (κ1) is 19.3. The van der Waals surface area contributed by atoms with Crippen LogP contribution < -0.4 is 0 Å². The van der Waals surface area contributed by atoms with Crippen LogP contribution in [-0.4, -0.2) is 82.9 Å². The minimum Gasteiger partial charge on any atom is -0.337 e. The first-order valence-electron chi connectivity index (χ1n) is 9.90. The fraction of sp³-hybridized carbons (Fsp3) is 0.600. The molecular weight excluding hydrogens is 364 g/mol. The van der Waals surface area contributed by atoms with Gasteiger partial charge in [0, 0.05) is 37.8 Å². The molecule has 0 radical (unpaired) electrons. The molecule has 3 heterocycles. The van der Waals surface area contributed by atoms with Gasteiger partial charge in [0.05, 0.1) is 11.0 Å². The normalized spacial score (nSPS) is 22.4. The Bertz CT molecular complexity index is 846. The average molecular weight is 391 g/mol. The fourth-order valence-electron chi connectivity index (χ4n) is 4.41. The molecule has 0 unspecified atom stereocenters. The number of carbonyl (C=O) groups is 1. The molecule has 1 atom stereocenters. The number of carbonyl (C=O) groups excluding carboxylic acids is 1. The Morgan fingerprint density at radius 3 is 2.71 bits per heavy atom. The molecule has 2 fully saturated rings. The Balaban J connectivity index is 1.42. The van der Waals surface area contributed by atoms with E-state index in [4.69, 9.17) is 0 Å². The summed E-state index contributed by atoms with van der Waals surface area (Å²) in [5.41, 5.74) is 1.41. The molecule has 28 heavy (non-hydrogen) atoms. The maximum Gasteiger partial charge on any atom is 0.295 e. The first-order chi connectivity index (χ1) is 13.4. The van der Waals surface area contributed by atoms with Crippen molar-refractivity contribution in [3.63, 3.8) is 0 Å². The van der Waals surface area contributed by atoms with Crippen molar-refractivity contribution < 1.29 is 13.6 Å². The van der Waals surface area contributed by atoms with Gasteiger partial charge in [0.25, 0.3) is 12.3 Å². The van der Waals surface area contributed by atoms with Crippen LogP contribution in [0.2, 0.25) is 0 Å². The number of aromatic nitrogens is 2. The molecule has 2 aromatic rings. The van der Waals surface area contributed by atoms with Crippen molar-refractivity contribution in [2.45, 2.75) is 37.8 Å². The smallest absolute Gasteiger partial charge is 0.295 e. The molecule has 8 heteroatoms. The zero-order valence-electron chi connectivity index (χ0n) is 16.4. The van der Waals surface area contributed by atoms with E-state index in [0.29, 0.717) is 22.6 Å². The Labute approximate surface area is 163 Å². The number of aromatic amines is 1. The van der Waals surface area contributed by atoms with Crippen LogP contribution in [0.15, 0.2) is 18.2 Å². The summed E-state index contributed by atoms with van der Waals surface area (Å²) < 4.78 is 25.7. The molecule has 1 amide bonds. The molecule has 152 valence electrons. The minimum absolute atomic E-state index is 0.0784. The summed E-state index contributed by atoms with van der Waals surface area (Å²) >= 11 is 0. The Morgan fingerprint density at radius 1 is 1.25 bits per heavy atom. The van der Waals surface area contributed by atoms with Crippen LogP contribution in [0.5, 0.6) is 0 Å². The molecule has 2 aliphatic rings. The van der Waals surface area contributed by atoms with Gasteiger partial charge in [-0.1, -0.05) is 0 Å². The highest BCUT2D eigenvalue weighted by Gasteiger charge is 2.33. The van der Waals surface area contributed by atoms with Crippen molar-refractivity contribution in [3.8, 4) is 0 Å². The van der Waals surface area contributed by atoms with Crippen molar-refractivity contribution in [1.82, 2.24) is 24.7 Å². The van der Waals surface area contributed by atoms with Crippen LogP contribution in [-0.2, 0) is 0 Å². The van der Waals surface area contributed by atoms with Crippen LogP contribution in [0.4, 0.5) is 8.78 Å². The third kappa shape index (κ3) is 3.75. The number of likely N-dealkylation sites (tertiary alicyclic amines) is 2. The van der Waals surface area contributed by atoms with Gasteiger partial charge in [-0.05, 0) is 57.6 Å². The van der Waals surface area contributed by atoms with E-state index in [1.165, 1.54) is 12.8 Å². The standard InChI is InChI=1S/C20H27F2N5O/c1-25-8-5-14(6-9-25)27-10-7-15(12-27)26(2)20(28)13-3-4-16-17(11-13)24-19(23-16)18(21)22/h3-4,11,14-15,18H,5-10,12H2,1-2H3,(H,23,24)/t15-/m0/s1. The van der Waals surface area contributed by atoms with Gasteiger partial charge in [-0.15, -0.1) is 0 Å². The first-order valence-corrected chi connectivity index (χ1v) is 9.90. The van der Waals surface area contributed by atoms with E-state index in [2.05, 4.69) is 26.8 Å². The number of hydrogen-bond donors (Lipinski definition) is 1. The number of benzene rings is 1. The van der Waals surface area contributed by atoms with E-state index in [-0.39, 0.29) is 17.8 Å². The van der Waals surface area contributed by atoms with E-state index in [0.717, 1.165) is 32.6 Å². The molecule has 4 rings (SSSR count). The number of amides is 1. The molecule has 0 spiro atoms. The summed E-state index contributed by atoms with van der Waals surface area (Å²) in [4.78, 5) is 26.1. The highest BCUT2D eigenvalue weighted by Crippen LogP contribution is 2.25. The average Bonchev–Trinajstić information content (AvgIpc) is 3.34. The largest absolute Gasteiger partial charge is 0.337 e. The van der Waals surface area contributed by atoms with Crippen molar-refractivity contribution in [2.24, 2.45) is 0 Å². The van der Waals surface area contributed by atoms with Crippen LogP contribution in [0, 0.1) is 0 Å². The Kier molecular flexibility index (Phi) is 5.33. The Hall–Kier alpha value is -2.06. The lowest BCUT2D eigenvalue weighted by Gasteiger charge is -2.35. The molecule has 1 aromatic carbocycles. The number of rotatable bonds is 4. The topological polar surface area (TPSA) is 55.5 Å². The molecule has 6 nitrogen and oxygen atoms in total. The highest BCUT2D eigenvalue weighted by atomic mass is 19.3. The summed E-state index contributed by atoms with van der Waals surface area (Å²) in [6.45, 7) is 4.18. The number of H-pyrrole nitrogens is 1. The molecule has 2 saturated heterocycles. The second kappa shape index (κ2) is 7.75. The van der Waals surface area contributed by atoms with Crippen LogP contribution in [0.1, 0.15) is 41.9 Å². The third-order valence-corrected chi connectivity index (χ3v) is 6.22. The maximum absolute atomic E-state index is 13.0. The lowest BCUT2D eigenvalue weighted by atomic mass is 10.0. The predicted octanol–water partition coefficient (Wildman–Crippen LogP) is 2.74. The van der Waals surface area contributed by atoms with Crippen molar-refractivity contribution >= 4 is 16.9 Å². The van der Waals surface area contributed by atoms with Crippen LogP contribution in [0.25, 0.3) is 11.0 Å². The summed E-state index contributed by atoms with van der Waals surface area (Å²) in [6, 6.07) is 5.70. The van der Waals surface area contributed by atoms with Crippen molar-refractivity contribution in [3.05, 3.63) is 29.6 Å². The number of likely N-dealkylation sites (N-methyl/N-ethyl adjacent to an activating group) is 1. The van der Waals surface area contributed by atoms with Gasteiger partial charge >= 0.3 is 0 Å². The molecule has 0 bridgehead atoms. The van der Waals surface area contributed by atoms with Gasteiger partial charge in [0.2, 0.25) is 0 Å². The minimum atomic E-state index is -2.65. The van der Waals surface area contributed by atoms with Gasteiger partial charge in [0.1, 0.15) is 0 Å². The van der Waals surface area contributed by atoms with Crippen LogP contribution in [0.3, 0.4) is 0 Å². The van der Waals surface area contributed by atoms with E-state index in [1.807, 2.05) is 7.05 Å². The SMILES string of the molecule is CN1CCC(N2CC[C@H](N(C)C(=O)c3ccc4nc(C(F)F)[nH]c4c3)C2)CC1. The van der Waals surface area contributed by atoms with E-state index < -0.39 is 6.43 Å². The second-order valence-electron chi connectivity index (χ2n) is 8.04. The maximum atomic E-state index is 13.0. The summed E-state index contributed by atoms with van der Waals surface area (Å²) in [5, 5.41) is 0. The zero-order valence-corrected chi connectivity index (χ0v) is 16.4. The lowest BCUT2D eigenvalue weighted by molar-refractivity contribution is 0.0721. The molecular formula is C20H27F2N5O. The van der Waals surface area contributed by atoms with E-state index in [9.17, 15) is 13.6 Å². The van der Waals surface area contributed by atoms with Gasteiger partial charge < -0.3 is 14.8 Å². The number of imidazole rings is 1. The third-order valence-electron chi connectivity index (χ3n) is 6.22. The lowest BCUT2D eigenvalue weighted by Crippen LogP contribution is -2.45. The summed E-state index contributed by atoms with van der Waals surface area (Å²) in [7, 11) is 4.00. The summed E-state index contributed by atoms with van der Waals surface area (Å²) in [6.07, 6.45) is 0.683. The van der Waals surface area contributed by atoms with Gasteiger partial charge in [-0.2, -0.15) is 0 Å². The Morgan fingerprint density at radius 2 is 2.00 bits per heavy atom. The number of fused-ring (bicyclic) bond motifs is 1. The number of piperidine rings is 1. The highest BCUT2D eigenvalue weighted by molar-refractivity contribution is 5.97. The van der Waals surface area contributed by atoms with E-state index >= 15 is 0 Å². The van der Waals surface area contributed by atoms with Gasteiger partial charge in [-0.3, -0.25) is 9.69 Å². The summed E-state index contributed by atoms with van der Waals surface area (Å²) in [5.74, 6) is -0.442. The second-order valence-corrected chi connectivity index (χ2v) is 8.04. The van der Waals surface area contributed by atoms with Crippen molar-refractivity contribution in [1.29, 1.82) is 0 Å². The van der Waals surface area contributed by atoms with Gasteiger partial charge in [-0.25, -0.2) is 13.8 Å². The fourth-order valence-corrected chi connectivity index (χ4v) is 4.41. The molecule has 0 aliphatic carbocycles. The monoisotopic (exact) mass is 391 g/mol. The number of nitrogens with one attached hydrogen (secondary N) is 1. The molecule has 2 aliphatic heterocycles. The van der Waals surface area contributed by atoms with E-state index in [1.54, 1.807) is 23.1 Å². The van der Waals surface area contributed by atoms with Crippen LogP contribution >= 0.6 is 0 Å². The molecule has 1 aromatic heterocycles. The predicted molar refractivity (Wildman–Crippen MR) is 104 cm³/mol. The molecule has 1 N–H and O–H groups in total. The molecule has 0 saturated carbocycles. The van der Waals surface area contributed by atoms with Gasteiger partial charge in [0.15, 0.2) is 5.82 Å². The quantitative estimate of drug-likeness (QED) is 0.871. The zero-order chi connectivity index (χ0) is 19.8. The number of alkyl halides is 2. The van der Waals surface area contributed by atoms with Crippen molar-refractivity contribution in [2.75, 3.05) is 40.3 Å². The number of nitrogens with zero attached hydrogens (tertiary/aromatic N) is 4. The number of halogens is 2.